The molecular weight excluding hydrogens is 280 g/mol. The van der Waals surface area contributed by atoms with E-state index in [-0.39, 0.29) is 0 Å². The summed E-state index contributed by atoms with van der Waals surface area (Å²) in [7, 11) is 0. The van der Waals surface area contributed by atoms with Gasteiger partial charge in [-0.25, -0.2) is 4.98 Å². The first-order valence-corrected chi connectivity index (χ1v) is 7.18. The lowest BCUT2D eigenvalue weighted by Gasteiger charge is -2.18. The topological polar surface area (TPSA) is 81.8 Å². The number of guanidine groups is 1. The number of anilines is 1. The highest BCUT2D eigenvalue weighted by molar-refractivity contribution is 5.91. The monoisotopic (exact) mass is 298 g/mol. The Bertz CT molecular complexity index is 658. The minimum absolute atomic E-state index is 0.358. The molecule has 1 aliphatic heterocycles. The second-order valence-electron chi connectivity index (χ2n) is 4.83. The standard InChI is InChI=1S/C16H18N4O2/c17-16(20-15-3-1-2-7-18-15)19-8-6-12-4-5-13-14(11-12)22-10-9-21-13/h1-5,7,11H,6,8-10H2,(H3,17,18,19,20). The molecule has 0 aliphatic carbocycles. The summed E-state index contributed by atoms with van der Waals surface area (Å²) in [6.45, 7) is 1.78. The second kappa shape index (κ2) is 6.80. The van der Waals surface area contributed by atoms with Crippen LogP contribution in [0.1, 0.15) is 5.56 Å². The van der Waals surface area contributed by atoms with Crippen LogP contribution in [0.5, 0.6) is 11.5 Å². The molecule has 0 saturated heterocycles. The van der Waals surface area contributed by atoms with Gasteiger partial charge in [0, 0.05) is 12.7 Å². The Hall–Kier alpha value is -2.76. The maximum Gasteiger partial charge on any atom is 0.194 e. The average Bonchev–Trinajstić information content (AvgIpc) is 2.55. The van der Waals surface area contributed by atoms with Crippen molar-refractivity contribution in [2.45, 2.75) is 6.42 Å². The van der Waals surface area contributed by atoms with Gasteiger partial charge in [-0.05, 0) is 36.2 Å². The quantitative estimate of drug-likeness (QED) is 0.664. The fourth-order valence-electron chi connectivity index (χ4n) is 2.16. The minimum atomic E-state index is 0.358. The van der Waals surface area contributed by atoms with E-state index in [1.165, 1.54) is 0 Å². The van der Waals surface area contributed by atoms with Crippen LogP contribution in [0.15, 0.2) is 47.6 Å². The van der Waals surface area contributed by atoms with E-state index in [0.29, 0.717) is 31.5 Å². The van der Waals surface area contributed by atoms with Gasteiger partial charge in [0.15, 0.2) is 17.5 Å². The summed E-state index contributed by atoms with van der Waals surface area (Å²) in [5, 5.41) is 2.95. The normalized spacial score (nSPS) is 13.7. The van der Waals surface area contributed by atoms with Crippen LogP contribution in [0, 0.1) is 0 Å². The SMILES string of the molecule is NC(=NCCc1ccc2c(c1)OCCO2)Nc1ccccn1. The zero-order valence-electron chi connectivity index (χ0n) is 12.2. The zero-order valence-corrected chi connectivity index (χ0v) is 12.2. The summed E-state index contributed by atoms with van der Waals surface area (Å²) in [5.74, 6) is 2.64. The summed E-state index contributed by atoms with van der Waals surface area (Å²) in [4.78, 5) is 8.43. The first-order chi connectivity index (χ1) is 10.8. The Morgan fingerprint density at radius 2 is 2.05 bits per heavy atom. The van der Waals surface area contributed by atoms with E-state index in [1.807, 2.05) is 36.4 Å². The molecule has 2 heterocycles. The van der Waals surface area contributed by atoms with Crippen molar-refractivity contribution in [3.8, 4) is 11.5 Å². The lowest BCUT2D eigenvalue weighted by atomic mass is 10.1. The Labute approximate surface area is 129 Å². The molecule has 0 radical (unpaired) electrons. The van der Waals surface area contributed by atoms with Crippen LogP contribution >= 0.6 is 0 Å². The highest BCUT2D eigenvalue weighted by Crippen LogP contribution is 2.30. The molecule has 1 aromatic heterocycles. The number of aliphatic imine (C=N–C) groups is 1. The van der Waals surface area contributed by atoms with Gasteiger partial charge in [0.25, 0.3) is 0 Å². The smallest absolute Gasteiger partial charge is 0.194 e. The first kappa shape index (κ1) is 14.2. The predicted molar refractivity (Wildman–Crippen MR) is 85.5 cm³/mol. The van der Waals surface area contributed by atoms with Crippen molar-refractivity contribution in [3.63, 3.8) is 0 Å². The molecule has 3 rings (SSSR count). The molecule has 6 heteroatoms. The molecule has 0 spiro atoms. The predicted octanol–water partition coefficient (Wildman–Crippen LogP) is 1.82. The maximum atomic E-state index is 5.83. The second-order valence-corrected chi connectivity index (χ2v) is 4.83. The van der Waals surface area contributed by atoms with E-state index in [0.717, 1.165) is 23.5 Å². The van der Waals surface area contributed by atoms with Crippen LogP contribution in [-0.4, -0.2) is 30.7 Å². The largest absolute Gasteiger partial charge is 0.486 e. The molecular formula is C16H18N4O2. The molecule has 0 saturated carbocycles. The number of hydrogen-bond donors (Lipinski definition) is 2. The fraction of sp³-hybridized carbons (Fsp3) is 0.250. The van der Waals surface area contributed by atoms with E-state index in [9.17, 15) is 0 Å². The molecule has 22 heavy (non-hydrogen) atoms. The highest BCUT2D eigenvalue weighted by Gasteiger charge is 2.11. The van der Waals surface area contributed by atoms with E-state index >= 15 is 0 Å². The molecule has 0 atom stereocenters. The van der Waals surface area contributed by atoms with Gasteiger partial charge in [0.2, 0.25) is 0 Å². The van der Waals surface area contributed by atoms with Crippen LogP contribution < -0.4 is 20.5 Å². The van der Waals surface area contributed by atoms with Gasteiger partial charge in [-0.2, -0.15) is 0 Å². The number of rotatable bonds is 4. The summed E-state index contributed by atoms with van der Waals surface area (Å²) in [5.41, 5.74) is 6.97. The van der Waals surface area contributed by atoms with Crippen LogP contribution in [0.2, 0.25) is 0 Å². The molecule has 0 bridgehead atoms. The molecule has 0 fully saturated rings. The van der Waals surface area contributed by atoms with E-state index in [2.05, 4.69) is 15.3 Å². The van der Waals surface area contributed by atoms with Gasteiger partial charge in [-0.1, -0.05) is 12.1 Å². The lowest BCUT2D eigenvalue weighted by molar-refractivity contribution is 0.171. The van der Waals surface area contributed by atoms with Crippen molar-refractivity contribution < 1.29 is 9.47 Å². The molecule has 0 unspecified atom stereocenters. The maximum absolute atomic E-state index is 5.83. The average molecular weight is 298 g/mol. The van der Waals surface area contributed by atoms with Crippen molar-refractivity contribution >= 4 is 11.8 Å². The molecule has 6 nitrogen and oxygen atoms in total. The van der Waals surface area contributed by atoms with Crippen molar-refractivity contribution in [3.05, 3.63) is 48.2 Å². The Morgan fingerprint density at radius 3 is 2.86 bits per heavy atom. The number of aromatic nitrogens is 1. The van der Waals surface area contributed by atoms with Gasteiger partial charge < -0.3 is 20.5 Å². The summed E-state index contributed by atoms with van der Waals surface area (Å²) >= 11 is 0. The molecule has 0 amide bonds. The van der Waals surface area contributed by atoms with Gasteiger partial charge >= 0.3 is 0 Å². The van der Waals surface area contributed by atoms with E-state index < -0.39 is 0 Å². The van der Waals surface area contributed by atoms with Crippen LogP contribution in [0.4, 0.5) is 5.82 Å². The first-order valence-electron chi connectivity index (χ1n) is 7.18. The van der Waals surface area contributed by atoms with Crippen molar-refractivity contribution in [2.75, 3.05) is 25.1 Å². The Morgan fingerprint density at radius 1 is 1.18 bits per heavy atom. The zero-order chi connectivity index (χ0) is 15.2. The minimum Gasteiger partial charge on any atom is -0.486 e. The summed E-state index contributed by atoms with van der Waals surface area (Å²) in [6.07, 6.45) is 2.48. The number of fused-ring (bicyclic) bond motifs is 1. The number of nitrogens with zero attached hydrogens (tertiary/aromatic N) is 2. The number of ether oxygens (including phenoxy) is 2. The molecule has 2 aromatic rings. The summed E-state index contributed by atoms with van der Waals surface area (Å²) in [6, 6.07) is 11.5. The van der Waals surface area contributed by atoms with Crippen molar-refractivity contribution in [1.29, 1.82) is 0 Å². The van der Waals surface area contributed by atoms with Gasteiger partial charge in [0.05, 0.1) is 0 Å². The summed E-state index contributed by atoms with van der Waals surface area (Å²) < 4.78 is 11.1. The Balaban J connectivity index is 1.55. The Kier molecular flexibility index (Phi) is 4.38. The van der Waals surface area contributed by atoms with Crippen molar-refractivity contribution in [1.82, 2.24) is 4.98 Å². The molecule has 114 valence electrons. The third-order valence-corrected chi connectivity index (χ3v) is 3.21. The number of benzene rings is 1. The molecule has 3 N–H and O–H groups in total. The van der Waals surface area contributed by atoms with Gasteiger partial charge in [-0.15, -0.1) is 0 Å². The third-order valence-electron chi connectivity index (χ3n) is 3.21. The number of nitrogens with two attached hydrogens (primary N) is 1. The van der Waals surface area contributed by atoms with E-state index in [4.69, 9.17) is 15.2 Å². The van der Waals surface area contributed by atoms with Crippen LogP contribution in [0.3, 0.4) is 0 Å². The lowest BCUT2D eigenvalue weighted by Crippen LogP contribution is -2.23. The number of hydrogen-bond acceptors (Lipinski definition) is 4. The highest BCUT2D eigenvalue weighted by atomic mass is 16.6. The van der Waals surface area contributed by atoms with Gasteiger partial charge in [0.1, 0.15) is 19.0 Å². The van der Waals surface area contributed by atoms with Crippen LogP contribution in [-0.2, 0) is 6.42 Å². The number of nitrogens with one attached hydrogen (secondary N) is 1. The molecule has 1 aromatic carbocycles. The van der Waals surface area contributed by atoms with Crippen molar-refractivity contribution in [2.24, 2.45) is 10.7 Å². The van der Waals surface area contributed by atoms with E-state index in [1.54, 1.807) is 6.20 Å². The molecule has 1 aliphatic rings. The van der Waals surface area contributed by atoms with Gasteiger partial charge in [-0.3, -0.25) is 4.99 Å². The van der Waals surface area contributed by atoms with Crippen LogP contribution in [0.25, 0.3) is 0 Å². The third kappa shape index (κ3) is 3.66. The fourth-order valence-corrected chi connectivity index (χ4v) is 2.16. The number of pyridine rings is 1.